The van der Waals surface area contributed by atoms with Crippen molar-refractivity contribution in [3.05, 3.63) is 59.9 Å². The number of nitrogens with zero attached hydrogens (tertiary/aromatic N) is 4. The van der Waals surface area contributed by atoms with Crippen LogP contribution in [0.25, 0.3) is 0 Å². The Labute approximate surface area is 202 Å². The maximum atomic E-state index is 13.1. The van der Waals surface area contributed by atoms with Gasteiger partial charge in [0.25, 0.3) is 0 Å². The first-order chi connectivity index (χ1) is 16.7. The molecule has 0 unspecified atom stereocenters. The fourth-order valence-corrected chi connectivity index (χ4v) is 3.94. The van der Waals surface area contributed by atoms with Crippen molar-refractivity contribution < 1.29 is 18.0 Å². The van der Waals surface area contributed by atoms with Gasteiger partial charge in [0, 0.05) is 38.3 Å². The number of nitrogen functional groups attached to an aromatic ring is 1. The fraction of sp³-hybridized carbons (Fsp3) is 0.417. The summed E-state index contributed by atoms with van der Waals surface area (Å²) in [5.41, 5.74) is 5.22. The van der Waals surface area contributed by atoms with E-state index >= 15 is 0 Å². The first-order valence-electron chi connectivity index (χ1n) is 11.4. The largest absolute Gasteiger partial charge is 0.416 e. The molecule has 11 heteroatoms. The first kappa shape index (κ1) is 26.1. The standard InChI is InChI=1S/C24H30F3N7O/c1-2-19(35)34-13-11-33(12-14-34)10-5-3-4-9-30-23-20(22(29)31-16-32-23)21(28)17-7-6-8-18(15-17)24(25,26)27/h2,6-8,15-16,28H,1,3-5,9-14H2,(H3,29,30,31,32). The summed E-state index contributed by atoms with van der Waals surface area (Å²) in [6.45, 7) is 8.15. The molecule has 188 valence electrons. The smallest absolute Gasteiger partial charge is 0.383 e. The van der Waals surface area contributed by atoms with Crippen molar-refractivity contribution in [2.45, 2.75) is 25.4 Å². The van der Waals surface area contributed by atoms with Gasteiger partial charge in [0.1, 0.15) is 18.0 Å². The van der Waals surface area contributed by atoms with E-state index in [1.165, 1.54) is 24.5 Å². The number of carbonyl (C=O) groups excluding carboxylic acids is 1. The highest BCUT2D eigenvalue weighted by Crippen LogP contribution is 2.31. The summed E-state index contributed by atoms with van der Waals surface area (Å²) in [5.74, 6) is 0.323. The molecule has 0 radical (unpaired) electrons. The minimum atomic E-state index is -4.51. The maximum Gasteiger partial charge on any atom is 0.416 e. The molecule has 1 saturated heterocycles. The van der Waals surface area contributed by atoms with Gasteiger partial charge in [0.05, 0.1) is 16.8 Å². The Balaban J connectivity index is 1.50. The van der Waals surface area contributed by atoms with E-state index in [4.69, 9.17) is 11.1 Å². The summed E-state index contributed by atoms with van der Waals surface area (Å²) < 4.78 is 39.3. The van der Waals surface area contributed by atoms with Gasteiger partial charge in [0.2, 0.25) is 5.91 Å². The lowest BCUT2D eigenvalue weighted by Crippen LogP contribution is -2.48. The van der Waals surface area contributed by atoms with Gasteiger partial charge in [-0.15, -0.1) is 0 Å². The molecule has 4 N–H and O–H groups in total. The van der Waals surface area contributed by atoms with Crippen LogP contribution in [0.3, 0.4) is 0 Å². The van der Waals surface area contributed by atoms with Crippen molar-refractivity contribution in [2.24, 2.45) is 0 Å². The van der Waals surface area contributed by atoms with Crippen LogP contribution < -0.4 is 11.1 Å². The van der Waals surface area contributed by atoms with Gasteiger partial charge in [-0.2, -0.15) is 13.2 Å². The Hall–Kier alpha value is -3.47. The summed E-state index contributed by atoms with van der Waals surface area (Å²) in [7, 11) is 0. The molecule has 1 aliphatic heterocycles. The van der Waals surface area contributed by atoms with Crippen LogP contribution in [0.2, 0.25) is 0 Å². The summed E-state index contributed by atoms with van der Waals surface area (Å²) in [6, 6.07) is 4.57. The fourth-order valence-electron chi connectivity index (χ4n) is 3.94. The third kappa shape index (κ3) is 7.01. The van der Waals surface area contributed by atoms with Crippen LogP contribution in [-0.4, -0.2) is 70.7 Å². The minimum absolute atomic E-state index is 0.0263. The highest BCUT2D eigenvalue weighted by Gasteiger charge is 2.31. The second kappa shape index (κ2) is 11.8. The lowest BCUT2D eigenvalue weighted by molar-refractivity contribution is -0.137. The number of anilines is 2. The van der Waals surface area contributed by atoms with Gasteiger partial charge in [-0.3, -0.25) is 15.1 Å². The molecule has 1 fully saturated rings. The van der Waals surface area contributed by atoms with Crippen LogP contribution >= 0.6 is 0 Å². The quantitative estimate of drug-likeness (QED) is 0.268. The summed E-state index contributed by atoms with van der Waals surface area (Å²) >= 11 is 0. The van der Waals surface area contributed by atoms with E-state index in [1.54, 1.807) is 4.90 Å². The SMILES string of the molecule is C=CC(=O)N1CCN(CCCCCNc2ncnc(N)c2C(=N)c2cccc(C(F)(F)F)c2)CC1. The molecular weight excluding hydrogens is 459 g/mol. The second-order valence-electron chi connectivity index (χ2n) is 8.29. The molecule has 1 aromatic carbocycles. The van der Waals surface area contributed by atoms with E-state index in [1.807, 2.05) is 0 Å². The number of hydrogen-bond donors (Lipinski definition) is 3. The van der Waals surface area contributed by atoms with E-state index in [0.717, 1.165) is 51.0 Å². The van der Waals surface area contributed by atoms with Crippen molar-refractivity contribution in [1.29, 1.82) is 5.41 Å². The molecule has 0 saturated carbocycles. The molecule has 2 aromatic rings. The predicted octanol–water partition coefficient (Wildman–Crippen LogP) is 3.41. The molecule has 1 aliphatic rings. The molecule has 35 heavy (non-hydrogen) atoms. The number of aromatic nitrogens is 2. The Morgan fingerprint density at radius 3 is 2.60 bits per heavy atom. The third-order valence-corrected chi connectivity index (χ3v) is 5.91. The van der Waals surface area contributed by atoms with Gasteiger partial charge in [-0.05, 0) is 37.6 Å². The average molecular weight is 490 g/mol. The van der Waals surface area contributed by atoms with Crippen LogP contribution in [0, 0.1) is 5.41 Å². The van der Waals surface area contributed by atoms with Crippen molar-refractivity contribution in [3.63, 3.8) is 0 Å². The zero-order chi connectivity index (χ0) is 25.4. The van der Waals surface area contributed by atoms with Crippen molar-refractivity contribution >= 4 is 23.3 Å². The third-order valence-electron chi connectivity index (χ3n) is 5.91. The number of hydrogen-bond acceptors (Lipinski definition) is 7. The minimum Gasteiger partial charge on any atom is -0.383 e. The average Bonchev–Trinajstić information content (AvgIpc) is 2.85. The van der Waals surface area contributed by atoms with E-state index < -0.39 is 11.7 Å². The molecule has 1 aromatic heterocycles. The molecule has 1 amide bonds. The second-order valence-corrected chi connectivity index (χ2v) is 8.29. The first-order valence-corrected chi connectivity index (χ1v) is 11.4. The Morgan fingerprint density at radius 1 is 1.17 bits per heavy atom. The van der Waals surface area contributed by atoms with Crippen LogP contribution in [0.1, 0.15) is 36.0 Å². The lowest BCUT2D eigenvalue weighted by Gasteiger charge is -2.34. The molecular formula is C24H30F3N7O. The van der Waals surface area contributed by atoms with Crippen LogP contribution in [-0.2, 0) is 11.0 Å². The number of rotatable bonds is 10. The van der Waals surface area contributed by atoms with Gasteiger partial charge in [-0.25, -0.2) is 9.97 Å². The molecule has 0 aliphatic carbocycles. The van der Waals surface area contributed by atoms with E-state index in [0.29, 0.717) is 25.5 Å². The number of nitrogens with two attached hydrogens (primary N) is 1. The predicted molar refractivity (Wildman–Crippen MR) is 129 cm³/mol. The zero-order valence-electron chi connectivity index (χ0n) is 19.4. The molecule has 0 bridgehead atoms. The zero-order valence-corrected chi connectivity index (χ0v) is 19.4. The highest BCUT2D eigenvalue weighted by molar-refractivity contribution is 6.16. The lowest BCUT2D eigenvalue weighted by atomic mass is 10.0. The molecule has 3 rings (SSSR count). The van der Waals surface area contributed by atoms with E-state index in [9.17, 15) is 18.0 Å². The van der Waals surface area contributed by atoms with E-state index in [2.05, 4.69) is 26.8 Å². The van der Waals surface area contributed by atoms with Crippen molar-refractivity contribution in [3.8, 4) is 0 Å². The number of nitrogens with one attached hydrogen (secondary N) is 2. The summed E-state index contributed by atoms with van der Waals surface area (Å²) in [5, 5.41) is 11.6. The van der Waals surface area contributed by atoms with Crippen molar-refractivity contribution in [2.75, 3.05) is 50.3 Å². The Bertz CT molecular complexity index is 1050. The van der Waals surface area contributed by atoms with Crippen LogP contribution in [0.15, 0.2) is 43.2 Å². The number of carbonyl (C=O) groups is 1. The number of benzene rings is 1. The molecule has 0 atom stereocenters. The normalized spacial score (nSPS) is 14.5. The van der Waals surface area contributed by atoms with Crippen molar-refractivity contribution in [1.82, 2.24) is 19.8 Å². The topological polar surface area (TPSA) is 111 Å². The van der Waals surface area contributed by atoms with Gasteiger partial charge < -0.3 is 16.0 Å². The summed E-state index contributed by atoms with van der Waals surface area (Å²) in [4.78, 5) is 23.9. The number of amides is 1. The Kier molecular flexibility index (Phi) is 8.80. The maximum absolute atomic E-state index is 13.1. The number of unbranched alkanes of at least 4 members (excludes halogenated alkanes) is 2. The van der Waals surface area contributed by atoms with Crippen LogP contribution in [0.5, 0.6) is 0 Å². The Morgan fingerprint density at radius 2 is 1.91 bits per heavy atom. The number of alkyl halides is 3. The number of halogens is 3. The molecule has 2 heterocycles. The van der Waals surface area contributed by atoms with Gasteiger partial charge in [-0.1, -0.05) is 25.1 Å². The monoisotopic (exact) mass is 489 g/mol. The molecule has 8 nitrogen and oxygen atoms in total. The van der Waals surface area contributed by atoms with E-state index in [-0.39, 0.29) is 28.6 Å². The van der Waals surface area contributed by atoms with Gasteiger partial charge >= 0.3 is 6.18 Å². The van der Waals surface area contributed by atoms with Gasteiger partial charge in [0.15, 0.2) is 0 Å². The summed E-state index contributed by atoms with van der Waals surface area (Å²) in [6.07, 6.45) is 0.898. The van der Waals surface area contributed by atoms with Crippen LogP contribution in [0.4, 0.5) is 24.8 Å². The number of piperazine rings is 1. The highest BCUT2D eigenvalue weighted by atomic mass is 19.4. The molecule has 0 spiro atoms.